The van der Waals surface area contributed by atoms with Gasteiger partial charge in [0.15, 0.2) is 17.5 Å². The largest absolute Gasteiger partial charge is 0.456 e. The normalized spacial score (nSPS) is 12.0. The highest BCUT2D eigenvalue weighted by Gasteiger charge is 2.23. The average Bonchev–Trinajstić information content (AvgIpc) is 4.02. The van der Waals surface area contributed by atoms with Crippen molar-refractivity contribution in [3.63, 3.8) is 0 Å². The molecule has 0 fully saturated rings. The number of furan rings is 1. The predicted octanol–water partition coefficient (Wildman–Crippen LogP) is 16.2. The summed E-state index contributed by atoms with van der Waals surface area (Å²) in [6, 6.07) is 73.4. The smallest absolute Gasteiger partial charge is 0.166 e. The van der Waals surface area contributed by atoms with Crippen molar-refractivity contribution in [3.8, 4) is 51.0 Å². The minimum absolute atomic E-state index is 0.575. The van der Waals surface area contributed by atoms with Gasteiger partial charge >= 0.3 is 0 Å². The van der Waals surface area contributed by atoms with Crippen molar-refractivity contribution in [3.05, 3.63) is 206 Å². The van der Waals surface area contributed by atoms with E-state index in [0.717, 1.165) is 77.2 Å². The third-order valence-electron chi connectivity index (χ3n) is 13.0. The van der Waals surface area contributed by atoms with Crippen molar-refractivity contribution in [2.45, 2.75) is 0 Å². The van der Waals surface area contributed by atoms with E-state index >= 15 is 0 Å². The van der Waals surface area contributed by atoms with Crippen LogP contribution in [0.5, 0.6) is 0 Å². The Balaban J connectivity index is 1.08. The van der Waals surface area contributed by atoms with E-state index in [0.29, 0.717) is 17.5 Å². The first-order valence-electron chi connectivity index (χ1n) is 21.8. The summed E-state index contributed by atoms with van der Waals surface area (Å²) in [7, 11) is 0. The van der Waals surface area contributed by atoms with Crippen LogP contribution in [-0.2, 0) is 0 Å². The molecule has 0 saturated heterocycles. The first-order chi connectivity index (χ1) is 32.2. The second-order valence-corrected chi connectivity index (χ2v) is 17.9. The number of fused-ring (bicyclic) bond motifs is 11. The summed E-state index contributed by atoms with van der Waals surface area (Å²) < 4.78 is 11.7. The molecule has 0 radical (unpaired) electrons. The van der Waals surface area contributed by atoms with E-state index in [4.69, 9.17) is 19.4 Å². The zero-order chi connectivity index (χ0) is 42.6. The summed E-state index contributed by atoms with van der Waals surface area (Å²) in [5.74, 6) is 1.78. The fourth-order valence-corrected chi connectivity index (χ4v) is 10.9. The lowest BCUT2D eigenvalue weighted by atomic mass is 10.0. The molecule has 10 aromatic carbocycles. The highest BCUT2D eigenvalue weighted by atomic mass is 32.1. The number of hydrogen-bond donors (Lipinski definition) is 0. The van der Waals surface area contributed by atoms with Gasteiger partial charge in [0.25, 0.3) is 0 Å². The molecule has 0 bridgehead atoms. The summed E-state index contributed by atoms with van der Waals surface area (Å²) >= 11 is 1.81. The van der Waals surface area contributed by atoms with E-state index in [2.05, 4.69) is 205 Å². The number of hydrogen-bond acceptors (Lipinski definition) is 5. The molecule has 0 unspecified atom stereocenters. The number of thiophene rings is 1. The minimum atomic E-state index is 0.575. The van der Waals surface area contributed by atoms with Gasteiger partial charge in [-0.05, 0) is 93.3 Å². The molecule has 14 rings (SSSR count). The maximum atomic E-state index is 6.82. The Morgan fingerprint density at radius 3 is 1.69 bits per heavy atom. The van der Waals surface area contributed by atoms with E-state index in [1.807, 2.05) is 6.07 Å². The van der Waals surface area contributed by atoms with Crippen LogP contribution in [0, 0.1) is 0 Å². The molecule has 4 aromatic heterocycles. The lowest BCUT2D eigenvalue weighted by Crippen LogP contribution is -2.04. The first kappa shape index (κ1) is 36.1. The number of benzene rings is 10. The predicted molar refractivity (Wildman–Crippen MR) is 271 cm³/mol. The van der Waals surface area contributed by atoms with Crippen molar-refractivity contribution in [1.82, 2.24) is 19.5 Å². The Bertz CT molecular complexity index is 4240. The molecule has 0 atom stereocenters. The van der Waals surface area contributed by atoms with Gasteiger partial charge in [0.1, 0.15) is 11.2 Å². The second-order valence-electron chi connectivity index (χ2n) is 16.8. The van der Waals surface area contributed by atoms with Crippen LogP contribution in [0.25, 0.3) is 136 Å². The van der Waals surface area contributed by atoms with Crippen molar-refractivity contribution in [2.24, 2.45) is 0 Å². The van der Waals surface area contributed by atoms with Gasteiger partial charge < -0.3 is 8.98 Å². The Morgan fingerprint density at radius 1 is 0.338 bits per heavy atom. The van der Waals surface area contributed by atoms with Crippen LogP contribution in [0.1, 0.15) is 0 Å². The fraction of sp³-hybridized carbons (Fsp3) is 0. The molecule has 6 heteroatoms. The molecule has 65 heavy (non-hydrogen) atoms. The molecule has 14 aromatic rings. The summed E-state index contributed by atoms with van der Waals surface area (Å²) in [6.07, 6.45) is 0. The monoisotopic (exact) mass is 846 g/mol. The van der Waals surface area contributed by atoms with E-state index < -0.39 is 0 Å². The highest BCUT2D eigenvalue weighted by molar-refractivity contribution is 7.25. The quantitative estimate of drug-likeness (QED) is 0.173. The van der Waals surface area contributed by atoms with Gasteiger partial charge in [0, 0.05) is 64.5 Å². The molecule has 0 amide bonds. The lowest BCUT2D eigenvalue weighted by Gasteiger charge is -2.15. The molecule has 4 heterocycles. The summed E-state index contributed by atoms with van der Waals surface area (Å²) in [6.45, 7) is 0. The Labute approximate surface area is 376 Å². The van der Waals surface area contributed by atoms with Gasteiger partial charge in [-0.25, -0.2) is 15.0 Å². The van der Waals surface area contributed by atoms with Crippen molar-refractivity contribution >= 4 is 96.8 Å². The van der Waals surface area contributed by atoms with Crippen LogP contribution in [0.3, 0.4) is 0 Å². The second kappa shape index (κ2) is 14.0. The number of nitrogens with zero attached hydrogens (tertiary/aromatic N) is 4. The van der Waals surface area contributed by atoms with Crippen LogP contribution in [0.15, 0.2) is 211 Å². The topological polar surface area (TPSA) is 56.7 Å². The molecule has 0 saturated carbocycles. The first-order valence-corrected chi connectivity index (χ1v) is 22.6. The lowest BCUT2D eigenvalue weighted by molar-refractivity contribution is 0.669. The van der Waals surface area contributed by atoms with Gasteiger partial charge in [-0.2, -0.15) is 0 Å². The third-order valence-corrected chi connectivity index (χ3v) is 14.2. The third kappa shape index (κ3) is 5.74. The molecule has 0 spiro atoms. The molecule has 0 N–H and O–H groups in total. The fourth-order valence-electron chi connectivity index (χ4n) is 9.84. The van der Waals surface area contributed by atoms with Crippen molar-refractivity contribution < 1.29 is 4.42 Å². The van der Waals surface area contributed by atoms with E-state index in [1.54, 1.807) is 11.3 Å². The summed E-state index contributed by atoms with van der Waals surface area (Å²) in [5, 5.41) is 11.5. The minimum Gasteiger partial charge on any atom is -0.456 e. The molecule has 0 aliphatic carbocycles. The van der Waals surface area contributed by atoms with Gasteiger partial charge in [-0.15, -0.1) is 11.3 Å². The maximum Gasteiger partial charge on any atom is 0.166 e. The van der Waals surface area contributed by atoms with Crippen LogP contribution >= 0.6 is 11.3 Å². The summed E-state index contributed by atoms with van der Waals surface area (Å²) in [4.78, 5) is 16.2. The van der Waals surface area contributed by atoms with Crippen LogP contribution in [0.2, 0.25) is 0 Å². The number of aromatic nitrogens is 4. The average molecular weight is 847 g/mol. The zero-order valence-corrected chi connectivity index (χ0v) is 35.6. The zero-order valence-electron chi connectivity index (χ0n) is 34.7. The molecule has 0 aliphatic rings. The van der Waals surface area contributed by atoms with Gasteiger partial charge in [-0.1, -0.05) is 140 Å². The van der Waals surface area contributed by atoms with Gasteiger partial charge in [-0.3, -0.25) is 0 Å². The van der Waals surface area contributed by atoms with Crippen molar-refractivity contribution in [1.29, 1.82) is 0 Å². The van der Waals surface area contributed by atoms with E-state index in [1.165, 1.54) is 41.7 Å². The maximum absolute atomic E-state index is 6.82. The van der Waals surface area contributed by atoms with Crippen molar-refractivity contribution in [2.75, 3.05) is 0 Å². The Morgan fingerprint density at radius 2 is 0.892 bits per heavy atom. The highest BCUT2D eigenvalue weighted by Crippen LogP contribution is 2.43. The standard InChI is InChI=1S/C59H34N4OS/c1-2-12-35(13-3-1)36-22-24-37(25-23-36)57-60-58(42-26-27-56-48(30-42)44-19-9-11-21-55(44)65-56)62-59(61-57)49-33-47-46-29-39-15-5-7-17-41(39)32-53(46)64-54(47)34-52(49)63-50-20-10-8-18-43(50)45-28-38-14-4-6-16-40(38)31-51(45)63/h1-34H. The van der Waals surface area contributed by atoms with Crippen LogP contribution in [0.4, 0.5) is 0 Å². The number of rotatable bonds is 5. The molecular weight excluding hydrogens is 813 g/mol. The van der Waals surface area contributed by atoms with E-state index in [-0.39, 0.29) is 0 Å². The molecule has 302 valence electrons. The van der Waals surface area contributed by atoms with Gasteiger partial charge in [0.2, 0.25) is 0 Å². The van der Waals surface area contributed by atoms with Crippen LogP contribution < -0.4 is 0 Å². The Hall–Kier alpha value is -8.45. The number of para-hydroxylation sites is 1. The molecule has 0 aliphatic heterocycles. The Kier molecular flexibility index (Phi) is 7.79. The molecule has 5 nitrogen and oxygen atoms in total. The summed E-state index contributed by atoms with van der Waals surface area (Å²) in [5.41, 5.74) is 9.72. The SMILES string of the molecule is c1ccc(-c2ccc(-c3nc(-c4ccc5sc6ccccc6c5c4)nc(-c4cc5c(cc4-n4c6ccccc6c6cc7ccccc7cc64)oc4cc6ccccc6cc45)n3)cc2)cc1. The van der Waals surface area contributed by atoms with Gasteiger partial charge in [0.05, 0.1) is 16.7 Å². The molecular formula is C59H34N4OS. The van der Waals surface area contributed by atoms with Crippen LogP contribution in [-0.4, -0.2) is 19.5 Å². The van der Waals surface area contributed by atoms with E-state index in [9.17, 15) is 0 Å².